The van der Waals surface area contributed by atoms with Gasteiger partial charge in [-0.3, -0.25) is 4.79 Å². The van der Waals surface area contributed by atoms with Gasteiger partial charge >= 0.3 is 0 Å². The molecule has 0 saturated heterocycles. The predicted octanol–water partition coefficient (Wildman–Crippen LogP) is 1.78. The van der Waals surface area contributed by atoms with E-state index >= 15 is 0 Å². The van der Waals surface area contributed by atoms with Crippen LogP contribution < -0.4 is 10.6 Å². The molecule has 1 aliphatic heterocycles. The lowest BCUT2D eigenvalue weighted by Crippen LogP contribution is -2.40. The summed E-state index contributed by atoms with van der Waals surface area (Å²) in [6, 6.07) is 9.88. The summed E-state index contributed by atoms with van der Waals surface area (Å²) < 4.78 is 0. The fourth-order valence-corrected chi connectivity index (χ4v) is 3.34. The van der Waals surface area contributed by atoms with Crippen molar-refractivity contribution in [3.63, 3.8) is 0 Å². The number of nitrogens with one attached hydrogen (secondary N) is 2. The molecular weight excluding hydrogens is 284 g/mol. The molecule has 0 spiro atoms. The van der Waals surface area contributed by atoms with Crippen LogP contribution in [0.15, 0.2) is 41.1 Å². The molecule has 1 aromatic heterocycles. The Balaban J connectivity index is 1.64. The van der Waals surface area contributed by atoms with Gasteiger partial charge in [0.15, 0.2) is 0 Å². The first kappa shape index (κ1) is 14.3. The van der Waals surface area contributed by atoms with Crippen LogP contribution in [0.2, 0.25) is 0 Å². The minimum absolute atomic E-state index is 0.0380. The standard InChI is InChI=1S/C16H18N2O2S/c19-15(12-5-6-21-10-12)9-18-16(20)14-8-17-7-11-3-1-2-4-13(11)14/h1-6,10,14-15,17,19H,7-9H2,(H,18,20). The van der Waals surface area contributed by atoms with Gasteiger partial charge in [0, 0.05) is 19.6 Å². The maximum absolute atomic E-state index is 12.4. The summed E-state index contributed by atoms with van der Waals surface area (Å²) in [6.07, 6.45) is -0.646. The molecule has 21 heavy (non-hydrogen) atoms. The number of carbonyl (C=O) groups excluding carboxylic acids is 1. The number of aliphatic hydroxyl groups is 1. The number of benzene rings is 1. The maximum Gasteiger partial charge on any atom is 0.228 e. The van der Waals surface area contributed by atoms with Crippen molar-refractivity contribution in [2.24, 2.45) is 0 Å². The lowest BCUT2D eigenvalue weighted by atomic mass is 9.90. The van der Waals surface area contributed by atoms with Crippen molar-refractivity contribution in [3.8, 4) is 0 Å². The molecular formula is C16H18N2O2S. The third-order valence-corrected chi connectivity index (χ3v) is 4.51. The highest BCUT2D eigenvalue weighted by Crippen LogP contribution is 2.24. The van der Waals surface area contributed by atoms with E-state index in [4.69, 9.17) is 0 Å². The zero-order valence-electron chi connectivity index (χ0n) is 11.6. The summed E-state index contributed by atoms with van der Waals surface area (Å²) in [5.74, 6) is -0.228. The van der Waals surface area contributed by atoms with Crippen molar-refractivity contribution in [2.45, 2.75) is 18.6 Å². The van der Waals surface area contributed by atoms with E-state index in [1.165, 1.54) is 16.9 Å². The number of amides is 1. The first-order chi connectivity index (χ1) is 10.3. The van der Waals surface area contributed by atoms with E-state index in [0.29, 0.717) is 6.54 Å². The van der Waals surface area contributed by atoms with Crippen LogP contribution in [0.25, 0.3) is 0 Å². The lowest BCUT2D eigenvalue weighted by molar-refractivity contribution is -0.123. The van der Waals surface area contributed by atoms with Crippen LogP contribution in [-0.4, -0.2) is 24.1 Å². The number of hydrogen-bond acceptors (Lipinski definition) is 4. The normalized spacial score (nSPS) is 18.8. The van der Waals surface area contributed by atoms with Crippen LogP contribution in [0.4, 0.5) is 0 Å². The Kier molecular flexibility index (Phi) is 4.34. The summed E-state index contributed by atoms with van der Waals surface area (Å²) in [6.45, 7) is 1.68. The van der Waals surface area contributed by atoms with Gasteiger partial charge in [0.2, 0.25) is 5.91 Å². The van der Waals surface area contributed by atoms with Crippen LogP contribution in [0.1, 0.15) is 28.7 Å². The van der Waals surface area contributed by atoms with Gasteiger partial charge in [0.25, 0.3) is 0 Å². The van der Waals surface area contributed by atoms with Crippen LogP contribution in [0.3, 0.4) is 0 Å². The Bertz CT molecular complexity index is 612. The van der Waals surface area contributed by atoms with E-state index in [0.717, 1.165) is 17.7 Å². The van der Waals surface area contributed by atoms with E-state index in [1.807, 2.05) is 41.1 Å². The third-order valence-electron chi connectivity index (χ3n) is 3.81. The van der Waals surface area contributed by atoms with Crippen molar-refractivity contribution in [1.29, 1.82) is 0 Å². The average Bonchev–Trinajstić information content (AvgIpc) is 3.06. The molecule has 2 unspecified atom stereocenters. The molecule has 1 aromatic carbocycles. The molecule has 2 atom stereocenters. The van der Waals surface area contributed by atoms with E-state index in [1.54, 1.807) is 0 Å². The third kappa shape index (κ3) is 3.15. The first-order valence-corrected chi connectivity index (χ1v) is 7.96. The summed E-state index contributed by atoms with van der Waals surface area (Å²) in [5.41, 5.74) is 3.10. The largest absolute Gasteiger partial charge is 0.387 e. The molecule has 3 rings (SSSR count). The van der Waals surface area contributed by atoms with E-state index < -0.39 is 6.10 Å². The van der Waals surface area contributed by atoms with Crippen molar-refractivity contribution >= 4 is 17.2 Å². The molecule has 0 fully saturated rings. The molecule has 3 N–H and O–H groups in total. The topological polar surface area (TPSA) is 61.4 Å². The van der Waals surface area contributed by atoms with Crippen LogP contribution >= 0.6 is 11.3 Å². The first-order valence-electron chi connectivity index (χ1n) is 7.02. The Morgan fingerprint density at radius 2 is 2.29 bits per heavy atom. The molecule has 110 valence electrons. The maximum atomic E-state index is 12.4. The Morgan fingerprint density at radius 3 is 3.10 bits per heavy atom. The van der Waals surface area contributed by atoms with Crippen LogP contribution in [-0.2, 0) is 11.3 Å². The van der Waals surface area contributed by atoms with E-state index in [9.17, 15) is 9.90 Å². The zero-order valence-corrected chi connectivity index (χ0v) is 12.4. The molecule has 5 heteroatoms. The smallest absolute Gasteiger partial charge is 0.228 e. The molecule has 0 bridgehead atoms. The molecule has 1 amide bonds. The second-order valence-electron chi connectivity index (χ2n) is 5.20. The molecule has 1 aliphatic rings. The number of hydrogen-bond donors (Lipinski definition) is 3. The highest BCUT2D eigenvalue weighted by molar-refractivity contribution is 7.07. The molecule has 0 saturated carbocycles. The van der Waals surface area contributed by atoms with Gasteiger partial charge in [-0.1, -0.05) is 24.3 Å². The van der Waals surface area contributed by atoms with Gasteiger partial charge in [-0.25, -0.2) is 0 Å². The Morgan fingerprint density at radius 1 is 1.43 bits per heavy atom. The van der Waals surface area contributed by atoms with Gasteiger partial charge in [0.1, 0.15) is 0 Å². The van der Waals surface area contributed by atoms with Crippen molar-refractivity contribution in [3.05, 3.63) is 57.8 Å². The zero-order chi connectivity index (χ0) is 14.7. The molecule has 2 heterocycles. The highest BCUT2D eigenvalue weighted by atomic mass is 32.1. The van der Waals surface area contributed by atoms with Gasteiger partial charge in [0.05, 0.1) is 12.0 Å². The Hall–Kier alpha value is -1.69. The molecule has 0 aliphatic carbocycles. The minimum Gasteiger partial charge on any atom is -0.387 e. The highest BCUT2D eigenvalue weighted by Gasteiger charge is 2.26. The second kappa shape index (κ2) is 6.39. The number of thiophene rings is 1. The number of rotatable bonds is 4. The second-order valence-corrected chi connectivity index (χ2v) is 5.98. The summed E-state index contributed by atoms with van der Waals surface area (Å²) >= 11 is 1.54. The predicted molar refractivity (Wildman–Crippen MR) is 83.2 cm³/mol. The summed E-state index contributed by atoms with van der Waals surface area (Å²) in [5, 5.41) is 20.0. The van der Waals surface area contributed by atoms with Crippen LogP contribution in [0.5, 0.6) is 0 Å². The number of fused-ring (bicyclic) bond motifs is 1. The number of aliphatic hydroxyl groups excluding tert-OH is 1. The minimum atomic E-state index is -0.646. The van der Waals surface area contributed by atoms with Gasteiger partial charge in [-0.2, -0.15) is 11.3 Å². The van der Waals surface area contributed by atoms with E-state index in [2.05, 4.69) is 10.6 Å². The van der Waals surface area contributed by atoms with Gasteiger partial charge in [-0.05, 0) is 33.5 Å². The quantitative estimate of drug-likeness (QED) is 0.807. The molecule has 0 radical (unpaired) electrons. The Labute approximate surface area is 127 Å². The van der Waals surface area contributed by atoms with Crippen LogP contribution in [0, 0.1) is 0 Å². The summed E-state index contributed by atoms with van der Waals surface area (Å²) in [7, 11) is 0. The molecule has 4 nitrogen and oxygen atoms in total. The van der Waals surface area contributed by atoms with Crippen molar-refractivity contribution in [1.82, 2.24) is 10.6 Å². The van der Waals surface area contributed by atoms with Gasteiger partial charge in [-0.15, -0.1) is 0 Å². The van der Waals surface area contributed by atoms with Gasteiger partial charge < -0.3 is 15.7 Å². The monoisotopic (exact) mass is 302 g/mol. The van der Waals surface area contributed by atoms with E-state index in [-0.39, 0.29) is 18.4 Å². The summed E-state index contributed by atoms with van der Waals surface area (Å²) in [4.78, 5) is 12.4. The van der Waals surface area contributed by atoms with Crippen molar-refractivity contribution < 1.29 is 9.90 Å². The average molecular weight is 302 g/mol. The fourth-order valence-electron chi connectivity index (χ4n) is 2.63. The fraction of sp³-hybridized carbons (Fsp3) is 0.312. The lowest BCUT2D eigenvalue weighted by Gasteiger charge is -2.26. The SMILES string of the molecule is O=C(NCC(O)c1ccsc1)C1CNCc2ccccc21. The number of carbonyl (C=O) groups is 1. The van der Waals surface area contributed by atoms with Crippen molar-refractivity contribution in [2.75, 3.05) is 13.1 Å². The molecule has 2 aromatic rings.